The molecule has 1 N–H and O–H groups in total. The summed E-state index contributed by atoms with van der Waals surface area (Å²) in [6.07, 6.45) is 1.12. The highest BCUT2D eigenvalue weighted by molar-refractivity contribution is 9.10. The summed E-state index contributed by atoms with van der Waals surface area (Å²) in [6, 6.07) is 17.5. The van der Waals surface area contributed by atoms with Gasteiger partial charge in [-0.2, -0.15) is 0 Å². The molecule has 1 heterocycles. The summed E-state index contributed by atoms with van der Waals surface area (Å²) >= 11 is 3.51. The minimum absolute atomic E-state index is 0.271. The number of halogens is 1. The number of hydrogen-bond donors (Lipinski definition) is 1. The number of nitrogens with one attached hydrogen (secondary N) is 1. The van der Waals surface area contributed by atoms with Crippen LogP contribution in [0.1, 0.15) is 16.7 Å². The van der Waals surface area contributed by atoms with Crippen LogP contribution in [0.2, 0.25) is 0 Å². The van der Waals surface area contributed by atoms with E-state index in [0.717, 1.165) is 24.0 Å². The zero-order valence-corrected chi connectivity index (χ0v) is 12.7. The molecule has 2 aromatic rings. The minimum Gasteiger partial charge on any atom is -0.315 e. The Morgan fingerprint density at radius 1 is 1.05 bits per heavy atom. The van der Waals surface area contributed by atoms with E-state index >= 15 is 0 Å². The summed E-state index contributed by atoms with van der Waals surface area (Å²) in [6.45, 7) is 4.35. The summed E-state index contributed by atoms with van der Waals surface area (Å²) in [5, 5.41) is 3.44. The number of aryl methyl sites for hydroxylation is 1. The fraction of sp³-hybridized carbons (Fsp3) is 0.294. The summed E-state index contributed by atoms with van der Waals surface area (Å²) in [5.41, 5.74) is 4.57. The molecule has 2 aromatic carbocycles. The van der Waals surface area contributed by atoms with E-state index in [1.165, 1.54) is 16.7 Å². The first-order valence-electron chi connectivity index (χ1n) is 6.71. The zero-order chi connectivity index (χ0) is 13.3. The van der Waals surface area contributed by atoms with Crippen molar-refractivity contribution in [2.75, 3.05) is 13.1 Å². The van der Waals surface area contributed by atoms with Crippen molar-refractivity contribution in [2.45, 2.75) is 18.8 Å². The van der Waals surface area contributed by atoms with E-state index in [0.29, 0.717) is 0 Å². The van der Waals surface area contributed by atoms with Gasteiger partial charge in [0.05, 0.1) is 0 Å². The van der Waals surface area contributed by atoms with Crippen molar-refractivity contribution in [1.29, 1.82) is 0 Å². The highest BCUT2D eigenvalue weighted by Crippen LogP contribution is 2.34. The maximum atomic E-state index is 3.51. The Kier molecular flexibility index (Phi) is 3.46. The lowest BCUT2D eigenvalue weighted by Crippen LogP contribution is -2.58. The van der Waals surface area contributed by atoms with E-state index < -0.39 is 0 Å². The summed E-state index contributed by atoms with van der Waals surface area (Å²) in [5.74, 6) is 0. The molecule has 1 fully saturated rings. The Morgan fingerprint density at radius 2 is 1.74 bits per heavy atom. The molecule has 0 unspecified atom stereocenters. The lowest BCUT2D eigenvalue weighted by atomic mass is 9.70. The summed E-state index contributed by atoms with van der Waals surface area (Å²) in [4.78, 5) is 0. The minimum atomic E-state index is 0.271. The molecule has 98 valence electrons. The average Bonchev–Trinajstić information content (AvgIpc) is 2.37. The Morgan fingerprint density at radius 3 is 2.32 bits per heavy atom. The van der Waals surface area contributed by atoms with Gasteiger partial charge in [-0.3, -0.25) is 0 Å². The zero-order valence-electron chi connectivity index (χ0n) is 11.1. The highest BCUT2D eigenvalue weighted by atomic mass is 79.9. The SMILES string of the molecule is Cc1ccccc1CC1(c2ccc(Br)cc2)CNC1. The molecule has 0 saturated carbocycles. The molecule has 3 rings (SSSR count). The van der Waals surface area contributed by atoms with Crippen LogP contribution < -0.4 is 5.32 Å². The monoisotopic (exact) mass is 315 g/mol. The van der Waals surface area contributed by atoms with Crippen molar-refractivity contribution in [3.63, 3.8) is 0 Å². The molecular weight excluding hydrogens is 298 g/mol. The predicted molar refractivity (Wildman–Crippen MR) is 83.6 cm³/mol. The molecule has 1 aliphatic rings. The third-order valence-electron chi connectivity index (χ3n) is 4.17. The van der Waals surface area contributed by atoms with E-state index in [2.05, 4.69) is 76.7 Å². The first-order chi connectivity index (χ1) is 9.20. The van der Waals surface area contributed by atoms with E-state index in [1.807, 2.05) is 0 Å². The van der Waals surface area contributed by atoms with Gasteiger partial charge in [0.2, 0.25) is 0 Å². The van der Waals surface area contributed by atoms with Gasteiger partial charge in [-0.05, 0) is 42.2 Å². The van der Waals surface area contributed by atoms with Crippen LogP contribution in [0.25, 0.3) is 0 Å². The lowest BCUT2D eigenvalue weighted by Gasteiger charge is -2.44. The molecule has 0 atom stereocenters. The van der Waals surface area contributed by atoms with Gasteiger partial charge in [0, 0.05) is 23.0 Å². The first-order valence-corrected chi connectivity index (χ1v) is 7.50. The molecule has 0 spiro atoms. The van der Waals surface area contributed by atoms with Crippen LogP contribution in [-0.4, -0.2) is 13.1 Å². The maximum Gasteiger partial charge on any atom is 0.0243 e. The largest absolute Gasteiger partial charge is 0.315 e. The van der Waals surface area contributed by atoms with E-state index in [4.69, 9.17) is 0 Å². The fourth-order valence-corrected chi connectivity index (χ4v) is 3.10. The van der Waals surface area contributed by atoms with Crippen LogP contribution in [-0.2, 0) is 11.8 Å². The second-order valence-corrected chi connectivity index (χ2v) is 6.41. The highest BCUT2D eigenvalue weighted by Gasteiger charge is 2.38. The molecule has 0 aromatic heterocycles. The van der Waals surface area contributed by atoms with Crippen molar-refractivity contribution in [3.8, 4) is 0 Å². The van der Waals surface area contributed by atoms with Gasteiger partial charge in [-0.1, -0.05) is 52.3 Å². The van der Waals surface area contributed by atoms with Crippen LogP contribution in [0.3, 0.4) is 0 Å². The standard InChI is InChI=1S/C17H18BrN/c1-13-4-2-3-5-14(13)10-17(11-19-12-17)15-6-8-16(18)9-7-15/h2-9,19H,10-12H2,1H3. The van der Waals surface area contributed by atoms with Crippen molar-refractivity contribution >= 4 is 15.9 Å². The van der Waals surface area contributed by atoms with Crippen molar-refractivity contribution in [2.24, 2.45) is 0 Å². The van der Waals surface area contributed by atoms with Crippen LogP contribution in [0.15, 0.2) is 53.0 Å². The number of benzene rings is 2. The van der Waals surface area contributed by atoms with Crippen LogP contribution in [0.4, 0.5) is 0 Å². The van der Waals surface area contributed by atoms with Gasteiger partial charge in [0.25, 0.3) is 0 Å². The molecule has 1 nitrogen and oxygen atoms in total. The van der Waals surface area contributed by atoms with Crippen LogP contribution in [0, 0.1) is 6.92 Å². The third-order valence-corrected chi connectivity index (χ3v) is 4.70. The normalized spacial score (nSPS) is 16.9. The van der Waals surface area contributed by atoms with Gasteiger partial charge in [0.1, 0.15) is 0 Å². The molecule has 0 amide bonds. The second-order valence-electron chi connectivity index (χ2n) is 5.49. The molecule has 19 heavy (non-hydrogen) atoms. The van der Waals surface area contributed by atoms with Gasteiger partial charge >= 0.3 is 0 Å². The molecular formula is C17H18BrN. The molecule has 1 saturated heterocycles. The van der Waals surface area contributed by atoms with E-state index in [-0.39, 0.29) is 5.41 Å². The Bertz CT molecular complexity index is 570. The second kappa shape index (κ2) is 5.10. The van der Waals surface area contributed by atoms with Gasteiger partial charge in [-0.15, -0.1) is 0 Å². The first kappa shape index (κ1) is 12.9. The van der Waals surface area contributed by atoms with E-state index in [9.17, 15) is 0 Å². The van der Waals surface area contributed by atoms with E-state index in [1.54, 1.807) is 0 Å². The molecule has 1 aliphatic heterocycles. The summed E-state index contributed by atoms with van der Waals surface area (Å²) < 4.78 is 1.15. The van der Waals surface area contributed by atoms with Crippen molar-refractivity contribution < 1.29 is 0 Å². The molecule has 2 heteroatoms. The smallest absolute Gasteiger partial charge is 0.0243 e. The van der Waals surface area contributed by atoms with Crippen LogP contribution in [0.5, 0.6) is 0 Å². The summed E-state index contributed by atoms with van der Waals surface area (Å²) in [7, 11) is 0. The Balaban J connectivity index is 1.92. The molecule has 0 radical (unpaired) electrons. The van der Waals surface area contributed by atoms with Gasteiger partial charge < -0.3 is 5.32 Å². The maximum absolute atomic E-state index is 3.51. The van der Waals surface area contributed by atoms with Gasteiger partial charge in [-0.25, -0.2) is 0 Å². The van der Waals surface area contributed by atoms with Gasteiger partial charge in [0.15, 0.2) is 0 Å². The Labute approximate surface area is 123 Å². The molecule has 0 aliphatic carbocycles. The number of rotatable bonds is 3. The van der Waals surface area contributed by atoms with Crippen LogP contribution >= 0.6 is 15.9 Å². The topological polar surface area (TPSA) is 12.0 Å². The number of hydrogen-bond acceptors (Lipinski definition) is 1. The quantitative estimate of drug-likeness (QED) is 0.907. The predicted octanol–water partition coefficient (Wildman–Crippen LogP) is 3.84. The molecule has 0 bridgehead atoms. The third kappa shape index (κ3) is 2.47. The lowest BCUT2D eigenvalue weighted by molar-refractivity contribution is 0.274. The van der Waals surface area contributed by atoms with Crippen molar-refractivity contribution in [1.82, 2.24) is 5.32 Å². The van der Waals surface area contributed by atoms with Crippen molar-refractivity contribution in [3.05, 3.63) is 69.7 Å². The fourth-order valence-electron chi connectivity index (χ4n) is 2.83. The average molecular weight is 316 g/mol. The Hall–Kier alpha value is -1.12.